The third-order valence-corrected chi connectivity index (χ3v) is 6.54. The number of thiophene rings is 2. The van der Waals surface area contributed by atoms with E-state index in [1.54, 1.807) is 0 Å². The Kier molecular flexibility index (Phi) is 4.69. The van der Waals surface area contributed by atoms with Gasteiger partial charge in [0, 0.05) is 4.88 Å². The van der Waals surface area contributed by atoms with E-state index in [1.807, 2.05) is 0 Å². The molecule has 2 aromatic heterocycles. The highest BCUT2D eigenvalue weighted by Gasteiger charge is 2.27. The third-order valence-electron chi connectivity index (χ3n) is 3.89. The molecule has 0 bridgehead atoms. The average molecular weight is 389 g/mol. The van der Waals surface area contributed by atoms with Crippen LogP contribution in [0, 0.1) is 5.92 Å². The molecule has 8 heteroatoms. The molecule has 3 N–H and O–H groups in total. The Hall–Kier alpha value is -1.08. The van der Waals surface area contributed by atoms with Gasteiger partial charge in [-0.3, -0.25) is 9.59 Å². The molecule has 1 atom stereocenters. The fourth-order valence-electron chi connectivity index (χ4n) is 2.77. The number of amides is 2. The lowest BCUT2D eigenvalue weighted by molar-refractivity contribution is 0.1000. The molecular weight excluding hydrogens is 375 g/mol. The fraction of sp³-hybridized carbons (Fsp3) is 0.333. The number of halogens is 2. The van der Waals surface area contributed by atoms with Crippen molar-refractivity contribution in [1.29, 1.82) is 0 Å². The lowest BCUT2D eigenvalue weighted by atomic mass is 9.88. The van der Waals surface area contributed by atoms with Crippen molar-refractivity contribution in [3.8, 4) is 0 Å². The van der Waals surface area contributed by atoms with E-state index in [1.165, 1.54) is 17.4 Å². The van der Waals surface area contributed by atoms with Crippen molar-refractivity contribution in [3.05, 3.63) is 36.3 Å². The van der Waals surface area contributed by atoms with Crippen LogP contribution >= 0.6 is 45.9 Å². The van der Waals surface area contributed by atoms with Gasteiger partial charge in [0.05, 0.1) is 15.5 Å². The van der Waals surface area contributed by atoms with Gasteiger partial charge in [0.2, 0.25) is 0 Å². The summed E-state index contributed by atoms with van der Waals surface area (Å²) in [4.78, 5) is 25.4. The number of nitrogens with two attached hydrogens (primary N) is 1. The first-order valence-electron chi connectivity index (χ1n) is 7.07. The van der Waals surface area contributed by atoms with Crippen molar-refractivity contribution in [2.24, 2.45) is 11.7 Å². The van der Waals surface area contributed by atoms with Crippen molar-refractivity contribution >= 4 is 62.7 Å². The Bertz CT molecular complexity index is 798. The van der Waals surface area contributed by atoms with Crippen LogP contribution in [0.15, 0.2) is 6.07 Å². The van der Waals surface area contributed by atoms with Crippen LogP contribution < -0.4 is 11.1 Å². The minimum atomic E-state index is -0.512. The van der Waals surface area contributed by atoms with Crippen LogP contribution in [0.25, 0.3) is 0 Å². The lowest BCUT2D eigenvalue weighted by Crippen LogP contribution is -2.19. The van der Waals surface area contributed by atoms with E-state index in [-0.39, 0.29) is 5.91 Å². The Morgan fingerprint density at radius 2 is 2.09 bits per heavy atom. The molecule has 0 saturated carbocycles. The van der Waals surface area contributed by atoms with Crippen LogP contribution in [0.1, 0.15) is 44.5 Å². The average Bonchev–Trinajstić information content (AvgIpc) is 2.97. The summed E-state index contributed by atoms with van der Waals surface area (Å²) in [5.74, 6) is -0.329. The van der Waals surface area contributed by atoms with Crippen LogP contribution in [-0.2, 0) is 12.8 Å². The summed E-state index contributed by atoms with van der Waals surface area (Å²) in [7, 11) is 0. The highest BCUT2D eigenvalue weighted by atomic mass is 35.5. The first-order valence-corrected chi connectivity index (χ1v) is 9.46. The van der Waals surface area contributed by atoms with E-state index in [9.17, 15) is 9.59 Å². The standard InChI is InChI=1S/C15H14Cl2N2O2S2/c1-6-2-3-7-9(4-6)22-15(11(7)13(18)20)19-14(21)8-5-10(16)23-12(8)17/h5-6H,2-4H2,1H3,(H2,18,20)(H,19,21)/t6-/m0/s1. The summed E-state index contributed by atoms with van der Waals surface area (Å²) in [6.07, 6.45) is 2.73. The molecule has 1 aliphatic carbocycles. The second kappa shape index (κ2) is 6.43. The highest BCUT2D eigenvalue weighted by Crippen LogP contribution is 2.40. The van der Waals surface area contributed by atoms with Crippen LogP contribution in [0.4, 0.5) is 5.00 Å². The maximum absolute atomic E-state index is 12.4. The monoisotopic (exact) mass is 388 g/mol. The number of primary amides is 1. The predicted octanol–water partition coefficient (Wildman–Crippen LogP) is 4.59. The van der Waals surface area contributed by atoms with E-state index in [4.69, 9.17) is 28.9 Å². The number of anilines is 1. The zero-order valence-electron chi connectivity index (χ0n) is 12.2. The summed E-state index contributed by atoms with van der Waals surface area (Å²) in [5.41, 5.74) is 7.25. The van der Waals surface area contributed by atoms with Crippen molar-refractivity contribution < 1.29 is 9.59 Å². The first kappa shape index (κ1) is 16.8. The first-order chi connectivity index (χ1) is 10.9. The second-order valence-corrected chi connectivity index (χ2v) is 9.00. The summed E-state index contributed by atoms with van der Waals surface area (Å²) < 4.78 is 0.762. The minimum absolute atomic E-state index is 0.303. The van der Waals surface area contributed by atoms with E-state index in [2.05, 4.69) is 12.2 Å². The number of rotatable bonds is 3. The zero-order valence-corrected chi connectivity index (χ0v) is 15.4. The Balaban J connectivity index is 1.95. The predicted molar refractivity (Wildman–Crippen MR) is 96.3 cm³/mol. The van der Waals surface area contributed by atoms with Gasteiger partial charge in [-0.15, -0.1) is 22.7 Å². The maximum Gasteiger partial charge on any atom is 0.258 e. The van der Waals surface area contributed by atoms with Gasteiger partial charge in [-0.05, 0) is 36.8 Å². The van der Waals surface area contributed by atoms with Crippen molar-refractivity contribution in [2.45, 2.75) is 26.2 Å². The number of carbonyl (C=O) groups excluding carboxylic acids is 2. The second-order valence-electron chi connectivity index (χ2n) is 5.61. The Labute approximate surface area is 151 Å². The number of carbonyl (C=O) groups is 2. The molecule has 2 aromatic rings. The minimum Gasteiger partial charge on any atom is -0.365 e. The molecule has 2 amide bonds. The molecule has 0 saturated heterocycles. The van der Waals surface area contributed by atoms with E-state index in [0.29, 0.717) is 30.7 Å². The molecule has 122 valence electrons. The molecule has 0 unspecified atom stereocenters. The van der Waals surface area contributed by atoms with Crippen molar-refractivity contribution in [3.63, 3.8) is 0 Å². The molecule has 2 heterocycles. The molecule has 0 aliphatic heterocycles. The van der Waals surface area contributed by atoms with E-state index >= 15 is 0 Å². The van der Waals surface area contributed by atoms with Crippen LogP contribution in [0.2, 0.25) is 8.67 Å². The smallest absolute Gasteiger partial charge is 0.258 e. The SMILES string of the molecule is C[C@H]1CCc2c(sc(NC(=O)c3cc(Cl)sc3Cl)c2C(N)=O)C1. The van der Waals surface area contributed by atoms with Crippen LogP contribution in [0.5, 0.6) is 0 Å². The molecule has 0 spiro atoms. The summed E-state index contributed by atoms with van der Waals surface area (Å²) in [5, 5.41) is 3.28. The van der Waals surface area contributed by atoms with Gasteiger partial charge < -0.3 is 11.1 Å². The lowest BCUT2D eigenvalue weighted by Gasteiger charge is -2.18. The maximum atomic E-state index is 12.4. The zero-order chi connectivity index (χ0) is 16.7. The number of hydrogen-bond donors (Lipinski definition) is 2. The molecule has 4 nitrogen and oxygen atoms in total. The van der Waals surface area contributed by atoms with Gasteiger partial charge in [0.15, 0.2) is 0 Å². The molecule has 0 radical (unpaired) electrons. The number of hydrogen-bond acceptors (Lipinski definition) is 4. The third kappa shape index (κ3) is 3.26. The van der Waals surface area contributed by atoms with E-state index in [0.717, 1.165) is 41.0 Å². The van der Waals surface area contributed by atoms with Crippen molar-refractivity contribution in [2.75, 3.05) is 5.32 Å². The van der Waals surface area contributed by atoms with Crippen LogP contribution in [-0.4, -0.2) is 11.8 Å². The quantitative estimate of drug-likeness (QED) is 0.806. The molecule has 23 heavy (non-hydrogen) atoms. The van der Waals surface area contributed by atoms with Gasteiger partial charge in [0.25, 0.3) is 11.8 Å². The van der Waals surface area contributed by atoms with Crippen molar-refractivity contribution in [1.82, 2.24) is 0 Å². The topological polar surface area (TPSA) is 72.2 Å². The summed E-state index contributed by atoms with van der Waals surface area (Å²) in [6, 6.07) is 1.52. The van der Waals surface area contributed by atoms with Crippen LogP contribution in [0.3, 0.4) is 0 Å². The Morgan fingerprint density at radius 1 is 1.35 bits per heavy atom. The number of nitrogens with one attached hydrogen (secondary N) is 1. The highest BCUT2D eigenvalue weighted by molar-refractivity contribution is 7.20. The van der Waals surface area contributed by atoms with E-state index < -0.39 is 5.91 Å². The summed E-state index contributed by atoms with van der Waals surface area (Å²) in [6.45, 7) is 2.18. The normalized spacial score (nSPS) is 16.9. The molecule has 3 rings (SSSR count). The molecule has 1 aliphatic rings. The summed E-state index contributed by atoms with van der Waals surface area (Å²) >= 11 is 14.4. The van der Waals surface area contributed by atoms with Gasteiger partial charge in [-0.1, -0.05) is 30.1 Å². The molecular formula is C15H14Cl2N2O2S2. The largest absolute Gasteiger partial charge is 0.365 e. The van der Waals surface area contributed by atoms with Gasteiger partial charge >= 0.3 is 0 Å². The van der Waals surface area contributed by atoms with Gasteiger partial charge in [-0.2, -0.15) is 0 Å². The Morgan fingerprint density at radius 3 is 2.70 bits per heavy atom. The number of fused-ring (bicyclic) bond motifs is 1. The molecule has 0 fully saturated rings. The molecule has 0 aromatic carbocycles. The fourth-order valence-corrected chi connectivity index (χ4v) is 5.63. The van der Waals surface area contributed by atoms with Gasteiger partial charge in [0.1, 0.15) is 9.34 Å². The van der Waals surface area contributed by atoms with Gasteiger partial charge in [-0.25, -0.2) is 0 Å².